The third kappa shape index (κ3) is 6.24. The van der Waals surface area contributed by atoms with Crippen molar-refractivity contribution in [2.75, 3.05) is 18.2 Å². The molecule has 8 heteroatoms. The van der Waals surface area contributed by atoms with Crippen molar-refractivity contribution in [3.8, 4) is 5.75 Å². The van der Waals surface area contributed by atoms with Crippen LogP contribution >= 0.6 is 23.4 Å². The molecule has 1 heterocycles. The van der Waals surface area contributed by atoms with Crippen LogP contribution in [0.1, 0.15) is 28.9 Å². The maximum absolute atomic E-state index is 12.3. The molecule has 0 atom stereocenters. The zero-order chi connectivity index (χ0) is 22.4. The van der Waals surface area contributed by atoms with Crippen LogP contribution in [0, 0.1) is 13.8 Å². The Labute approximate surface area is 192 Å². The Morgan fingerprint density at radius 2 is 1.94 bits per heavy atom. The Morgan fingerprint density at radius 3 is 2.65 bits per heavy atom. The predicted octanol–water partition coefficient (Wildman–Crippen LogP) is 5.00. The SMILES string of the molecule is COc1ccc(CCCc2nnc(SCC(=O)Nc3ccc(Cl)cc3C)n2C)c(C)c1. The zero-order valence-corrected chi connectivity index (χ0v) is 19.8. The summed E-state index contributed by atoms with van der Waals surface area (Å²) >= 11 is 7.34. The average molecular weight is 459 g/mol. The first-order chi connectivity index (χ1) is 14.9. The number of benzene rings is 2. The molecule has 0 unspecified atom stereocenters. The molecule has 1 amide bonds. The van der Waals surface area contributed by atoms with Crippen LogP contribution in [-0.4, -0.2) is 33.5 Å². The smallest absolute Gasteiger partial charge is 0.234 e. The van der Waals surface area contributed by atoms with Gasteiger partial charge in [0.1, 0.15) is 11.6 Å². The number of nitrogens with one attached hydrogen (secondary N) is 1. The maximum Gasteiger partial charge on any atom is 0.234 e. The minimum Gasteiger partial charge on any atom is -0.497 e. The van der Waals surface area contributed by atoms with Gasteiger partial charge in [-0.15, -0.1) is 10.2 Å². The van der Waals surface area contributed by atoms with Crippen molar-refractivity contribution in [2.45, 2.75) is 38.3 Å². The number of halogens is 1. The van der Waals surface area contributed by atoms with Crippen molar-refractivity contribution >= 4 is 35.0 Å². The lowest BCUT2D eigenvalue weighted by Gasteiger charge is -2.09. The van der Waals surface area contributed by atoms with Crippen LogP contribution in [0.25, 0.3) is 0 Å². The van der Waals surface area contributed by atoms with Crippen LogP contribution in [0.15, 0.2) is 41.6 Å². The number of aromatic nitrogens is 3. The first-order valence-electron chi connectivity index (χ1n) is 10.1. The van der Waals surface area contributed by atoms with E-state index in [9.17, 15) is 4.79 Å². The molecule has 0 aliphatic rings. The molecule has 1 N–H and O–H groups in total. The normalized spacial score (nSPS) is 10.9. The van der Waals surface area contributed by atoms with E-state index in [0.717, 1.165) is 47.2 Å². The molecular weight excluding hydrogens is 432 g/mol. The highest BCUT2D eigenvalue weighted by molar-refractivity contribution is 7.99. The van der Waals surface area contributed by atoms with E-state index in [1.165, 1.54) is 22.9 Å². The van der Waals surface area contributed by atoms with Gasteiger partial charge in [-0.25, -0.2) is 0 Å². The summed E-state index contributed by atoms with van der Waals surface area (Å²) in [5.41, 5.74) is 4.24. The molecule has 0 saturated carbocycles. The van der Waals surface area contributed by atoms with E-state index >= 15 is 0 Å². The van der Waals surface area contributed by atoms with Crippen LogP contribution < -0.4 is 10.1 Å². The zero-order valence-electron chi connectivity index (χ0n) is 18.2. The third-order valence-corrected chi connectivity index (χ3v) is 6.37. The fourth-order valence-corrected chi connectivity index (χ4v) is 4.24. The van der Waals surface area contributed by atoms with Crippen molar-refractivity contribution in [2.24, 2.45) is 7.05 Å². The molecule has 0 radical (unpaired) electrons. The van der Waals surface area contributed by atoms with Crippen molar-refractivity contribution in [3.63, 3.8) is 0 Å². The second-order valence-electron chi connectivity index (χ2n) is 7.40. The van der Waals surface area contributed by atoms with E-state index in [1.807, 2.05) is 36.7 Å². The third-order valence-electron chi connectivity index (χ3n) is 5.12. The quantitative estimate of drug-likeness (QED) is 0.457. The van der Waals surface area contributed by atoms with Crippen LogP contribution in [0.4, 0.5) is 5.69 Å². The Kier molecular flexibility index (Phi) is 7.98. The van der Waals surface area contributed by atoms with Crippen LogP contribution in [0.5, 0.6) is 5.75 Å². The van der Waals surface area contributed by atoms with Gasteiger partial charge < -0.3 is 14.6 Å². The Hall–Kier alpha value is -2.51. The topological polar surface area (TPSA) is 69.0 Å². The van der Waals surface area contributed by atoms with Crippen LogP contribution in [-0.2, 0) is 24.7 Å². The molecule has 0 aliphatic heterocycles. The van der Waals surface area contributed by atoms with Crippen LogP contribution in [0.3, 0.4) is 0 Å². The van der Waals surface area contributed by atoms with Crippen molar-refractivity contribution in [1.82, 2.24) is 14.8 Å². The standard InChI is InChI=1S/C23H27ClN4O2S/c1-15-13-19(30-4)10-8-17(15)6-5-7-21-26-27-23(28(21)3)31-14-22(29)25-20-11-9-18(24)12-16(20)2/h8-13H,5-7,14H2,1-4H3,(H,25,29). The molecule has 2 aromatic carbocycles. The summed E-state index contributed by atoms with van der Waals surface area (Å²) in [6, 6.07) is 11.6. The monoisotopic (exact) mass is 458 g/mol. The van der Waals surface area contributed by atoms with Crippen molar-refractivity contribution in [1.29, 1.82) is 0 Å². The summed E-state index contributed by atoms with van der Waals surface area (Å²) in [7, 11) is 3.62. The molecule has 1 aromatic heterocycles. The molecule has 3 rings (SSSR count). The van der Waals surface area contributed by atoms with Gasteiger partial charge in [-0.05, 0) is 73.7 Å². The van der Waals surface area contributed by atoms with E-state index in [0.29, 0.717) is 5.02 Å². The van der Waals surface area contributed by atoms with Gasteiger partial charge in [-0.1, -0.05) is 29.4 Å². The van der Waals surface area contributed by atoms with Crippen molar-refractivity contribution in [3.05, 3.63) is 63.9 Å². The Bertz CT molecular complexity index is 1070. The van der Waals surface area contributed by atoms with Gasteiger partial charge in [0.15, 0.2) is 5.16 Å². The fraction of sp³-hybridized carbons (Fsp3) is 0.348. The summed E-state index contributed by atoms with van der Waals surface area (Å²) in [4.78, 5) is 12.3. The highest BCUT2D eigenvalue weighted by atomic mass is 35.5. The number of rotatable bonds is 9. The summed E-state index contributed by atoms with van der Waals surface area (Å²) < 4.78 is 7.23. The number of hydrogen-bond donors (Lipinski definition) is 1. The average Bonchev–Trinajstić information content (AvgIpc) is 3.09. The molecular formula is C23H27ClN4O2S. The molecule has 0 fully saturated rings. The van der Waals surface area contributed by atoms with Gasteiger partial charge in [0.05, 0.1) is 12.9 Å². The largest absolute Gasteiger partial charge is 0.497 e. The number of methoxy groups -OCH3 is 1. The van der Waals surface area contributed by atoms with Gasteiger partial charge in [-0.2, -0.15) is 0 Å². The molecule has 3 aromatic rings. The number of nitrogens with zero attached hydrogens (tertiary/aromatic N) is 3. The van der Waals surface area contributed by atoms with Gasteiger partial charge in [0, 0.05) is 24.2 Å². The number of carbonyl (C=O) groups excluding carboxylic acids is 1. The maximum atomic E-state index is 12.3. The number of anilines is 1. The predicted molar refractivity (Wildman–Crippen MR) is 126 cm³/mol. The van der Waals surface area contributed by atoms with Crippen LogP contribution in [0.2, 0.25) is 5.02 Å². The summed E-state index contributed by atoms with van der Waals surface area (Å²) in [6.07, 6.45) is 2.76. The van der Waals surface area contributed by atoms with Crippen molar-refractivity contribution < 1.29 is 9.53 Å². The van der Waals surface area contributed by atoms with Gasteiger partial charge in [-0.3, -0.25) is 4.79 Å². The number of carbonyl (C=O) groups is 1. The number of amides is 1. The first kappa shape index (κ1) is 23.2. The van der Waals surface area contributed by atoms with E-state index in [2.05, 4.69) is 34.6 Å². The van der Waals surface area contributed by atoms with Gasteiger partial charge >= 0.3 is 0 Å². The molecule has 0 aliphatic carbocycles. The molecule has 164 valence electrons. The van der Waals surface area contributed by atoms with Gasteiger partial charge in [0.25, 0.3) is 0 Å². The molecule has 0 saturated heterocycles. The summed E-state index contributed by atoms with van der Waals surface area (Å²) in [5.74, 6) is 1.98. The molecule has 31 heavy (non-hydrogen) atoms. The number of thioether (sulfide) groups is 1. The van der Waals surface area contributed by atoms with E-state index in [1.54, 1.807) is 13.2 Å². The highest BCUT2D eigenvalue weighted by Crippen LogP contribution is 2.22. The second-order valence-corrected chi connectivity index (χ2v) is 8.78. The second kappa shape index (κ2) is 10.7. The lowest BCUT2D eigenvalue weighted by Crippen LogP contribution is -2.15. The van der Waals surface area contributed by atoms with Gasteiger partial charge in [0.2, 0.25) is 5.91 Å². The van der Waals surface area contributed by atoms with E-state index in [-0.39, 0.29) is 11.7 Å². The fourth-order valence-electron chi connectivity index (χ4n) is 3.28. The lowest BCUT2D eigenvalue weighted by molar-refractivity contribution is -0.113. The number of ether oxygens (including phenoxy) is 1. The number of hydrogen-bond acceptors (Lipinski definition) is 5. The summed E-state index contributed by atoms with van der Waals surface area (Å²) in [5, 5.41) is 12.9. The minimum absolute atomic E-state index is 0.0880. The highest BCUT2D eigenvalue weighted by Gasteiger charge is 2.12. The molecule has 0 spiro atoms. The van der Waals surface area contributed by atoms with E-state index < -0.39 is 0 Å². The first-order valence-corrected chi connectivity index (χ1v) is 11.4. The Morgan fingerprint density at radius 1 is 1.13 bits per heavy atom. The molecule has 6 nitrogen and oxygen atoms in total. The Balaban J connectivity index is 1.50. The van der Waals surface area contributed by atoms with E-state index in [4.69, 9.17) is 16.3 Å². The minimum atomic E-state index is -0.0880. The lowest BCUT2D eigenvalue weighted by atomic mass is 10.0. The summed E-state index contributed by atoms with van der Waals surface area (Å²) in [6.45, 7) is 4.02. The molecule has 0 bridgehead atoms. The number of aryl methyl sites for hydroxylation is 4.